The van der Waals surface area contributed by atoms with E-state index in [1.807, 2.05) is 4.90 Å². The van der Waals surface area contributed by atoms with Crippen LogP contribution in [0.15, 0.2) is 12.3 Å². The molecule has 0 amide bonds. The second kappa shape index (κ2) is 8.20. The van der Waals surface area contributed by atoms with Crippen molar-refractivity contribution in [3.63, 3.8) is 0 Å². The average molecular weight is 282 g/mol. The van der Waals surface area contributed by atoms with Crippen LogP contribution in [0.25, 0.3) is 0 Å². The van der Waals surface area contributed by atoms with Crippen LogP contribution >= 0.6 is 0 Å². The molecule has 0 fully saturated rings. The van der Waals surface area contributed by atoms with E-state index < -0.39 is 0 Å². The molecule has 0 aliphatic heterocycles. The Bertz CT molecular complexity index is 395. The van der Waals surface area contributed by atoms with Gasteiger partial charge in [0.15, 0.2) is 11.6 Å². The first-order chi connectivity index (χ1) is 9.45. The van der Waals surface area contributed by atoms with Crippen LogP contribution in [-0.2, 0) is 6.61 Å². The quantitative estimate of drug-likeness (QED) is 0.791. The summed E-state index contributed by atoms with van der Waals surface area (Å²) in [5.74, 6) is 1.13. The molecule has 0 spiro atoms. The highest BCUT2D eigenvalue weighted by molar-refractivity contribution is 5.42. The average Bonchev–Trinajstić information content (AvgIpc) is 2.39. The van der Waals surface area contributed by atoms with Crippen LogP contribution in [0.4, 0.5) is 10.2 Å². The van der Waals surface area contributed by atoms with Crippen LogP contribution < -0.4 is 4.90 Å². The maximum absolute atomic E-state index is 14.3. The molecule has 4 heteroatoms. The van der Waals surface area contributed by atoms with Crippen LogP contribution in [0.5, 0.6) is 0 Å². The number of hydrogen-bond donors (Lipinski definition) is 1. The van der Waals surface area contributed by atoms with Crippen LogP contribution in [0, 0.1) is 17.7 Å². The molecule has 0 aliphatic carbocycles. The number of nitrogens with zero attached hydrogens (tertiary/aromatic N) is 2. The molecular weight excluding hydrogens is 255 g/mol. The highest BCUT2D eigenvalue weighted by atomic mass is 19.1. The number of halogens is 1. The van der Waals surface area contributed by atoms with Crippen LogP contribution in [0.2, 0.25) is 0 Å². The van der Waals surface area contributed by atoms with Gasteiger partial charge in [0.2, 0.25) is 0 Å². The first-order valence-electron chi connectivity index (χ1n) is 7.44. The minimum Gasteiger partial charge on any atom is -0.392 e. The number of rotatable bonds is 8. The number of anilines is 1. The van der Waals surface area contributed by atoms with E-state index in [1.54, 1.807) is 6.20 Å². The zero-order valence-electron chi connectivity index (χ0n) is 13.1. The normalized spacial score (nSPS) is 11.4. The molecule has 114 valence electrons. The van der Waals surface area contributed by atoms with Gasteiger partial charge in [-0.05, 0) is 30.7 Å². The van der Waals surface area contributed by atoms with Gasteiger partial charge in [-0.3, -0.25) is 0 Å². The second-order valence-electron chi connectivity index (χ2n) is 6.12. The van der Waals surface area contributed by atoms with E-state index in [1.165, 1.54) is 6.07 Å². The van der Waals surface area contributed by atoms with E-state index in [-0.39, 0.29) is 12.4 Å². The Hall–Kier alpha value is -1.16. The maximum Gasteiger partial charge on any atom is 0.171 e. The van der Waals surface area contributed by atoms with E-state index >= 15 is 0 Å². The summed E-state index contributed by atoms with van der Waals surface area (Å²) in [6, 6.07) is 1.53. The van der Waals surface area contributed by atoms with Gasteiger partial charge in [-0.25, -0.2) is 9.37 Å². The van der Waals surface area contributed by atoms with E-state index in [9.17, 15) is 9.50 Å². The monoisotopic (exact) mass is 282 g/mol. The van der Waals surface area contributed by atoms with Crippen molar-refractivity contribution in [2.75, 3.05) is 18.0 Å². The molecule has 0 radical (unpaired) electrons. The Kier molecular flexibility index (Phi) is 6.93. The zero-order valence-corrected chi connectivity index (χ0v) is 13.1. The Balaban J connectivity index is 2.90. The second-order valence-corrected chi connectivity index (χ2v) is 6.12. The van der Waals surface area contributed by atoms with Gasteiger partial charge < -0.3 is 10.0 Å². The zero-order chi connectivity index (χ0) is 15.1. The number of aromatic nitrogens is 1. The third-order valence-electron chi connectivity index (χ3n) is 3.37. The Morgan fingerprint density at radius 1 is 1.15 bits per heavy atom. The summed E-state index contributed by atoms with van der Waals surface area (Å²) in [5, 5.41) is 9.17. The smallest absolute Gasteiger partial charge is 0.171 e. The Morgan fingerprint density at radius 2 is 1.70 bits per heavy atom. The fourth-order valence-corrected chi connectivity index (χ4v) is 1.97. The molecule has 3 nitrogen and oxygen atoms in total. The number of aliphatic hydroxyl groups excluding tert-OH is 1. The fourth-order valence-electron chi connectivity index (χ4n) is 1.97. The van der Waals surface area contributed by atoms with E-state index in [4.69, 9.17) is 0 Å². The molecule has 0 bridgehead atoms. The summed E-state index contributed by atoms with van der Waals surface area (Å²) in [6.45, 7) is 9.95. The highest BCUT2D eigenvalue weighted by Gasteiger charge is 2.16. The summed E-state index contributed by atoms with van der Waals surface area (Å²) < 4.78 is 14.3. The fraction of sp³-hybridized carbons (Fsp3) is 0.688. The largest absolute Gasteiger partial charge is 0.392 e. The van der Waals surface area contributed by atoms with E-state index in [0.29, 0.717) is 23.2 Å². The summed E-state index contributed by atoms with van der Waals surface area (Å²) in [6.07, 6.45) is 3.58. The lowest BCUT2D eigenvalue weighted by molar-refractivity contribution is 0.275. The van der Waals surface area contributed by atoms with Crippen molar-refractivity contribution in [3.05, 3.63) is 23.6 Å². The number of aliphatic hydroxyl groups is 1. The van der Waals surface area contributed by atoms with Gasteiger partial charge in [0.25, 0.3) is 0 Å². The molecule has 1 heterocycles. The van der Waals surface area contributed by atoms with Crippen molar-refractivity contribution in [2.24, 2.45) is 11.8 Å². The minimum absolute atomic E-state index is 0.288. The Labute approximate surface area is 121 Å². The maximum atomic E-state index is 14.3. The van der Waals surface area contributed by atoms with Gasteiger partial charge in [-0.15, -0.1) is 0 Å². The standard InChI is InChI=1S/C16H27FN2O/c1-12(2)6-9-19(10-7-13(3)4)16-15(17)14(11-20)5-8-18-16/h5,8,12-13,20H,6-7,9-11H2,1-4H3. The van der Waals surface area contributed by atoms with Gasteiger partial charge in [0.05, 0.1) is 6.61 Å². The third kappa shape index (κ3) is 5.08. The molecule has 1 aromatic rings. The van der Waals surface area contributed by atoms with Gasteiger partial charge in [-0.2, -0.15) is 0 Å². The summed E-state index contributed by atoms with van der Waals surface area (Å²) >= 11 is 0. The molecule has 1 N–H and O–H groups in total. The molecule has 0 saturated heterocycles. The third-order valence-corrected chi connectivity index (χ3v) is 3.37. The lowest BCUT2D eigenvalue weighted by atomic mass is 10.1. The van der Waals surface area contributed by atoms with Crippen molar-refractivity contribution in [3.8, 4) is 0 Å². The van der Waals surface area contributed by atoms with Crippen molar-refractivity contribution in [1.29, 1.82) is 0 Å². The van der Waals surface area contributed by atoms with Crippen LogP contribution in [-0.4, -0.2) is 23.2 Å². The lowest BCUT2D eigenvalue weighted by Gasteiger charge is -2.26. The number of pyridine rings is 1. The molecule has 1 rings (SSSR count). The molecule has 0 aliphatic rings. The first-order valence-corrected chi connectivity index (χ1v) is 7.44. The predicted octanol–water partition coefficient (Wildman–Crippen LogP) is 3.61. The van der Waals surface area contributed by atoms with Gasteiger partial charge >= 0.3 is 0 Å². The molecule has 0 unspecified atom stereocenters. The number of hydrogen-bond acceptors (Lipinski definition) is 3. The van der Waals surface area contributed by atoms with Crippen molar-refractivity contribution >= 4 is 5.82 Å². The van der Waals surface area contributed by atoms with E-state index in [0.717, 1.165) is 25.9 Å². The predicted molar refractivity (Wildman–Crippen MR) is 81.2 cm³/mol. The molecule has 1 aromatic heterocycles. The summed E-state index contributed by atoms with van der Waals surface area (Å²) in [5.41, 5.74) is 0.314. The minimum atomic E-state index is -0.387. The molecule has 0 atom stereocenters. The molecular formula is C16H27FN2O. The summed E-state index contributed by atoms with van der Waals surface area (Å²) in [4.78, 5) is 6.19. The van der Waals surface area contributed by atoms with Crippen molar-refractivity contribution in [2.45, 2.75) is 47.1 Å². The summed E-state index contributed by atoms with van der Waals surface area (Å²) in [7, 11) is 0. The van der Waals surface area contributed by atoms with Gasteiger partial charge in [-0.1, -0.05) is 27.7 Å². The topological polar surface area (TPSA) is 36.4 Å². The molecule has 0 saturated carbocycles. The SMILES string of the molecule is CC(C)CCN(CCC(C)C)c1nccc(CO)c1F. The Morgan fingerprint density at radius 3 is 2.15 bits per heavy atom. The van der Waals surface area contributed by atoms with Crippen molar-refractivity contribution < 1.29 is 9.50 Å². The lowest BCUT2D eigenvalue weighted by Crippen LogP contribution is -2.29. The van der Waals surface area contributed by atoms with Gasteiger partial charge in [0.1, 0.15) is 0 Å². The van der Waals surface area contributed by atoms with Gasteiger partial charge in [0, 0.05) is 24.8 Å². The highest BCUT2D eigenvalue weighted by Crippen LogP contribution is 2.21. The molecule has 0 aromatic carbocycles. The van der Waals surface area contributed by atoms with Crippen molar-refractivity contribution in [1.82, 2.24) is 4.98 Å². The van der Waals surface area contributed by atoms with Crippen LogP contribution in [0.1, 0.15) is 46.1 Å². The van der Waals surface area contributed by atoms with E-state index in [2.05, 4.69) is 32.7 Å². The molecule has 20 heavy (non-hydrogen) atoms. The first kappa shape index (κ1) is 16.9. The van der Waals surface area contributed by atoms with Crippen LogP contribution in [0.3, 0.4) is 0 Å².